The van der Waals surface area contributed by atoms with Crippen LogP contribution in [0.3, 0.4) is 0 Å². The van der Waals surface area contributed by atoms with Gasteiger partial charge in [-0.05, 0) is 36.6 Å². The number of hydrogen-bond donors (Lipinski definition) is 2. The van der Waals surface area contributed by atoms with Crippen LogP contribution in [0, 0.1) is 0 Å². The van der Waals surface area contributed by atoms with Crippen LogP contribution in [0.1, 0.15) is 31.4 Å². The van der Waals surface area contributed by atoms with E-state index in [9.17, 15) is 14.4 Å². The molecule has 1 aliphatic rings. The molecule has 1 atom stereocenters. The summed E-state index contributed by atoms with van der Waals surface area (Å²) < 4.78 is 0. The zero-order valence-electron chi connectivity index (χ0n) is 16.4. The first-order valence-corrected chi connectivity index (χ1v) is 10.5. The van der Waals surface area contributed by atoms with E-state index in [2.05, 4.69) is 17.6 Å². The van der Waals surface area contributed by atoms with Gasteiger partial charge in [0.15, 0.2) is 0 Å². The average molecular weight is 469 g/mol. The molecule has 1 aliphatic heterocycles. The van der Waals surface area contributed by atoms with Crippen molar-refractivity contribution in [3.63, 3.8) is 0 Å². The number of carbonyl (C=O) groups excluding carboxylic acids is 3. The van der Waals surface area contributed by atoms with Gasteiger partial charge in [0.25, 0.3) is 5.91 Å². The molecule has 0 radical (unpaired) electrons. The molecule has 0 aliphatic carbocycles. The molecule has 1 saturated heterocycles. The van der Waals surface area contributed by atoms with Gasteiger partial charge in [-0.3, -0.25) is 14.5 Å². The van der Waals surface area contributed by atoms with Crippen LogP contribution in [-0.2, 0) is 21.5 Å². The van der Waals surface area contributed by atoms with E-state index in [1.165, 1.54) is 12.1 Å². The lowest BCUT2D eigenvalue weighted by Crippen LogP contribution is -2.42. The fourth-order valence-corrected chi connectivity index (χ4v) is 4.23. The van der Waals surface area contributed by atoms with Gasteiger partial charge in [0.1, 0.15) is 12.1 Å². The Morgan fingerprint density at radius 1 is 1.10 bits per heavy atom. The highest BCUT2D eigenvalue weighted by molar-refractivity contribution is 6.42. The summed E-state index contributed by atoms with van der Waals surface area (Å²) in [5.74, 6) is -1.13. The Balaban J connectivity index is 1.75. The second-order valence-corrected chi connectivity index (χ2v) is 8.44. The summed E-state index contributed by atoms with van der Waals surface area (Å²) in [5, 5.41) is 5.83. The van der Waals surface area contributed by atoms with E-state index in [1.54, 1.807) is 6.92 Å². The summed E-state index contributed by atoms with van der Waals surface area (Å²) in [6, 6.07) is 9.71. The molecule has 2 N–H and O–H groups in total. The van der Waals surface area contributed by atoms with E-state index < -0.39 is 29.9 Å². The predicted octanol–water partition coefficient (Wildman–Crippen LogP) is 5.01. The first kappa shape index (κ1) is 22.4. The van der Waals surface area contributed by atoms with Crippen LogP contribution in [0.15, 0.2) is 36.4 Å². The first-order chi connectivity index (χ1) is 14.2. The molecule has 2 aromatic rings. The van der Waals surface area contributed by atoms with Crippen molar-refractivity contribution in [2.45, 2.75) is 32.2 Å². The number of carbonyl (C=O) groups is 3. The molecule has 1 unspecified atom stereocenters. The van der Waals surface area contributed by atoms with Crippen LogP contribution in [-0.4, -0.2) is 29.3 Å². The third-order valence-corrected chi connectivity index (χ3v) is 5.73. The molecule has 9 heteroatoms. The third-order valence-electron chi connectivity index (χ3n) is 4.92. The Hall–Kier alpha value is -2.28. The van der Waals surface area contributed by atoms with E-state index in [0.29, 0.717) is 10.6 Å². The zero-order valence-corrected chi connectivity index (χ0v) is 18.7. The molecule has 1 fully saturated rings. The van der Waals surface area contributed by atoms with Crippen molar-refractivity contribution in [3.8, 4) is 0 Å². The molecule has 0 bridgehead atoms. The molecule has 4 amide bonds. The Bertz CT molecular complexity index is 987. The number of amides is 4. The van der Waals surface area contributed by atoms with Gasteiger partial charge in [-0.15, -0.1) is 0 Å². The van der Waals surface area contributed by atoms with Gasteiger partial charge in [0, 0.05) is 5.02 Å². The Morgan fingerprint density at radius 3 is 2.27 bits per heavy atom. The number of nitrogens with zero attached hydrogens (tertiary/aromatic N) is 1. The summed E-state index contributed by atoms with van der Waals surface area (Å²) >= 11 is 18.0. The van der Waals surface area contributed by atoms with E-state index in [4.69, 9.17) is 34.8 Å². The molecule has 30 heavy (non-hydrogen) atoms. The van der Waals surface area contributed by atoms with Crippen molar-refractivity contribution in [2.24, 2.45) is 0 Å². The molecular weight excluding hydrogens is 449 g/mol. The highest BCUT2D eigenvalue weighted by Crippen LogP contribution is 2.34. The highest BCUT2D eigenvalue weighted by atomic mass is 35.5. The minimum atomic E-state index is -1.25. The zero-order chi connectivity index (χ0) is 22.1. The third kappa shape index (κ3) is 4.41. The fraction of sp³-hybridized carbons (Fsp3) is 0.286. The lowest BCUT2D eigenvalue weighted by molar-refractivity contribution is -0.133. The van der Waals surface area contributed by atoms with E-state index in [-0.39, 0.29) is 15.7 Å². The normalized spacial score (nSPS) is 18.5. The Labute approximate surface area is 189 Å². The lowest BCUT2D eigenvalue weighted by Gasteiger charge is -2.22. The molecule has 6 nitrogen and oxygen atoms in total. The molecule has 3 rings (SSSR count). The second-order valence-electron chi connectivity index (χ2n) is 7.19. The summed E-state index contributed by atoms with van der Waals surface area (Å²) in [5.41, 5.74) is 0.702. The van der Waals surface area contributed by atoms with Crippen molar-refractivity contribution >= 4 is 58.3 Å². The van der Waals surface area contributed by atoms with Gasteiger partial charge in [-0.25, -0.2) is 4.79 Å². The molecule has 158 valence electrons. The maximum Gasteiger partial charge on any atom is 0.325 e. The maximum atomic E-state index is 13.0. The van der Waals surface area contributed by atoms with E-state index in [0.717, 1.165) is 23.3 Å². The van der Waals surface area contributed by atoms with Gasteiger partial charge in [0.05, 0.1) is 15.7 Å². The number of hydrogen-bond acceptors (Lipinski definition) is 3. The summed E-state index contributed by atoms with van der Waals surface area (Å²) in [7, 11) is 0. The monoisotopic (exact) mass is 467 g/mol. The number of aryl methyl sites for hydroxylation is 1. The standard InChI is InChI=1S/C21H20Cl3N3O3/c1-3-4-12-5-7-13(8-6-12)21(2)19(29)27(20(30)26-21)11-17(28)25-18-15(23)9-14(22)10-16(18)24/h5-10H,3-4,11H2,1-2H3,(H,25,28)(H,26,30). The number of urea groups is 1. The molecule has 2 aromatic carbocycles. The van der Waals surface area contributed by atoms with Crippen LogP contribution >= 0.6 is 34.8 Å². The van der Waals surface area contributed by atoms with Gasteiger partial charge in [-0.1, -0.05) is 72.4 Å². The lowest BCUT2D eigenvalue weighted by atomic mass is 9.91. The topological polar surface area (TPSA) is 78.5 Å². The molecule has 0 aromatic heterocycles. The van der Waals surface area contributed by atoms with Crippen molar-refractivity contribution < 1.29 is 14.4 Å². The van der Waals surface area contributed by atoms with Crippen molar-refractivity contribution in [1.82, 2.24) is 10.2 Å². The molecule has 1 heterocycles. The minimum absolute atomic E-state index is 0.148. The van der Waals surface area contributed by atoms with Gasteiger partial charge in [-0.2, -0.15) is 0 Å². The summed E-state index contributed by atoms with van der Waals surface area (Å²) in [4.78, 5) is 38.8. The Kier molecular flexibility index (Phi) is 6.60. The number of imide groups is 1. The largest absolute Gasteiger partial charge is 0.325 e. The van der Waals surface area contributed by atoms with E-state index in [1.807, 2.05) is 24.3 Å². The van der Waals surface area contributed by atoms with Crippen LogP contribution < -0.4 is 10.6 Å². The van der Waals surface area contributed by atoms with Crippen molar-refractivity contribution in [3.05, 3.63) is 62.6 Å². The quantitative estimate of drug-likeness (QED) is 0.585. The minimum Gasteiger partial charge on any atom is -0.322 e. The van der Waals surface area contributed by atoms with E-state index >= 15 is 0 Å². The summed E-state index contributed by atoms with van der Waals surface area (Å²) in [6.07, 6.45) is 1.94. The van der Waals surface area contributed by atoms with Crippen LogP contribution in [0.2, 0.25) is 15.1 Å². The van der Waals surface area contributed by atoms with Crippen LogP contribution in [0.25, 0.3) is 0 Å². The summed E-state index contributed by atoms with van der Waals surface area (Å²) in [6.45, 7) is 3.22. The number of benzene rings is 2. The van der Waals surface area contributed by atoms with Crippen molar-refractivity contribution in [1.29, 1.82) is 0 Å². The number of nitrogens with one attached hydrogen (secondary N) is 2. The fourth-order valence-electron chi connectivity index (χ4n) is 3.31. The molecule has 0 spiro atoms. The van der Waals surface area contributed by atoms with Crippen molar-refractivity contribution in [2.75, 3.05) is 11.9 Å². The second kappa shape index (κ2) is 8.84. The number of halogens is 3. The molecule has 0 saturated carbocycles. The predicted molar refractivity (Wildman–Crippen MR) is 118 cm³/mol. The van der Waals surface area contributed by atoms with Gasteiger partial charge in [0.2, 0.25) is 5.91 Å². The maximum absolute atomic E-state index is 13.0. The van der Waals surface area contributed by atoms with Crippen LogP contribution in [0.4, 0.5) is 10.5 Å². The van der Waals surface area contributed by atoms with Crippen LogP contribution in [0.5, 0.6) is 0 Å². The highest BCUT2D eigenvalue weighted by Gasteiger charge is 2.49. The van der Waals surface area contributed by atoms with Gasteiger partial charge >= 0.3 is 6.03 Å². The smallest absolute Gasteiger partial charge is 0.322 e. The molecular formula is C21H20Cl3N3O3. The average Bonchev–Trinajstić information content (AvgIpc) is 2.89. The van der Waals surface area contributed by atoms with Gasteiger partial charge < -0.3 is 10.6 Å². The first-order valence-electron chi connectivity index (χ1n) is 9.33. The Morgan fingerprint density at radius 2 is 1.70 bits per heavy atom. The number of anilines is 1. The number of rotatable bonds is 6. The SMILES string of the molecule is CCCc1ccc(C2(C)NC(=O)N(CC(=O)Nc3c(Cl)cc(Cl)cc3Cl)C2=O)cc1.